The number of hydrogen-bond acceptors (Lipinski definition) is 5. The molecule has 104 valence electrons. The van der Waals surface area contributed by atoms with Gasteiger partial charge in [-0.25, -0.2) is 9.97 Å². The average Bonchev–Trinajstić information content (AvgIpc) is 2.72. The standard InChI is InChI=1S/C14H21N3O2/c1-15-13-10-5-3-2-4-6-11(10)16-14(17-13)12-9-18-7-8-19-12/h12H,2-9H2,1H3,(H,15,16,17). The van der Waals surface area contributed by atoms with Gasteiger partial charge in [0.1, 0.15) is 11.9 Å². The van der Waals surface area contributed by atoms with Gasteiger partial charge in [0, 0.05) is 18.3 Å². The van der Waals surface area contributed by atoms with E-state index < -0.39 is 0 Å². The molecule has 5 heteroatoms. The van der Waals surface area contributed by atoms with Crippen molar-refractivity contribution in [3.05, 3.63) is 17.1 Å². The van der Waals surface area contributed by atoms with Gasteiger partial charge in [-0.1, -0.05) is 6.42 Å². The summed E-state index contributed by atoms with van der Waals surface area (Å²) in [7, 11) is 1.93. The van der Waals surface area contributed by atoms with Gasteiger partial charge in [0.25, 0.3) is 0 Å². The summed E-state index contributed by atoms with van der Waals surface area (Å²) >= 11 is 0. The topological polar surface area (TPSA) is 56.3 Å². The minimum Gasteiger partial charge on any atom is -0.376 e. The van der Waals surface area contributed by atoms with Crippen molar-refractivity contribution in [1.29, 1.82) is 0 Å². The lowest BCUT2D eigenvalue weighted by atomic mass is 10.1. The number of ether oxygens (including phenoxy) is 2. The summed E-state index contributed by atoms with van der Waals surface area (Å²) in [5.74, 6) is 1.74. The molecule has 0 radical (unpaired) electrons. The van der Waals surface area contributed by atoms with Gasteiger partial charge in [-0.2, -0.15) is 0 Å². The fraction of sp³-hybridized carbons (Fsp3) is 0.714. The van der Waals surface area contributed by atoms with E-state index >= 15 is 0 Å². The van der Waals surface area contributed by atoms with E-state index in [1.54, 1.807) is 0 Å². The maximum absolute atomic E-state index is 5.71. The van der Waals surface area contributed by atoms with E-state index in [0.717, 1.165) is 24.5 Å². The number of fused-ring (bicyclic) bond motifs is 1. The summed E-state index contributed by atoms with van der Waals surface area (Å²) in [6.07, 6.45) is 5.73. The Bertz CT molecular complexity index is 445. The first-order chi connectivity index (χ1) is 9.38. The number of aromatic nitrogens is 2. The van der Waals surface area contributed by atoms with Crippen LogP contribution in [0.5, 0.6) is 0 Å². The summed E-state index contributed by atoms with van der Waals surface area (Å²) in [6.45, 7) is 1.85. The van der Waals surface area contributed by atoms with Crippen molar-refractivity contribution in [1.82, 2.24) is 9.97 Å². The molecule has 1 aromatic heterocycles. The van der Waals surface area contributed by atoms with Gasteiger partial charge in [-0.15, -0.1) is 0 Å². The van der Waals surface area contributed by atoms with Crippen molar-refractivity contribution >= 4 is 5.82 Å². The Morgan fingerprint density at radius 3 is 2.79 bits per heavy atom. The molecule has 2 heterocycles. The van der Waals surface area contributed by atoms with E-state index in [1.807, 2.05) is 7.05 Å². The molecule has 1 aliphatic carbocycles. The predicted octanol–water partition coefficient (Wildman–Crippen LogP) is 1.88. The van der Waals surface area contributed by atoms with Crippen LogP contribution in [0.3, 0.4) is 0 Å². The molecule has 1 N–H and O–H groups in total. The van der Waals surface area contributed by atoms with Crippen LogP contribution in [0, 0.1) is 0 Å². The third-order valence-corrected chi connectivity index (χ3v) is 3.79. The van der Waals surface area contributed by atoms with Gasteiger partial charge in [0.05, 0.1) is 19.8 Å². The van der Waals surface area contributed by atoms with Crippen LogP contribution in [-0.4, -0.2) is 36.8 Å². The van der Waals surface area contributed by atoms with Crippen LogP contribution in [-0.2, 0) is 22.3 Å². The van der Waals surface area contributed by atoms with Gasteiger partial charge in [0.15, 0.2) is 5.82 Å². The van der Waals surface area contributed by atoms with Crippen molar-refractivity contribution in [2.75, 3.05) is 32.2 Å². The van der Waals surface area contributed by atoms with Crippen molar-refractivity contribution in [3.8, 4) is 0 Å². The largest absolute Gasteiger partial charge is 0.376 e. The van der Waals surface area contributed by atoms with Crippen molar-refractivity contribution in [2.24, 2.45) is 0 Å². The zero-order valence-electron chi connectivity index (χ0n) is 11.4. The Balaban J connectivity index is 1.94. The maximum Gasteiger partial charge on any atom is 0.162 e. The lowest BCUT2D eigenvalue weighted by molar-refractivity contribution is -0.0935. The number of anilines is 1. The molecular weight excluding hydrogens is 242 g/mol. The molecule has 5 nitrogen and oxygen atoms in total. The van der Waals surface area contributed by atoms with Gasteiger partial charge in [0.2, 0.25) is 0 Å². The number of hydrogen-bond donors (Lipinski definition) is 1. The summed E-state index contributed by atoms with van der Waals surface area (Å²) in [4.78, 5) is 9.39. The van der Waals surface area contributed by atoms with Gasteiger partial charge >= 0.3 is 0 Å². The molecule has 3 rings (SSSR count). The molecule has 1 unspecified atom stereocenters. The van der Waals surface area contributed by atoms with E-state index in [1.165, 1.54) is 30.5 Å². The molecule has 0 amide bonds. The molecule has 1 aliphatic heterocycles. The number of rotatable bonds is 2. The first-order valence-electron chi connectivity index (χ1n) is 7.15. The Labute approximate surface area is 113 Å². The summed E-state index contributed by atoms with van der Waals surface area (Å²) < 4.78 is 11.2. The van der Waals surface area contributed by atoms with Crippen LogP contribution in [0.1, 0.15) is 42.4 Å². The summed E-state index contributed by atoms with van der Waals surface area (Å²) in [5, 5.41) is 3.21. The van der Waals surface area contributed by atoms with Crippen LogP contribution in [0.4, 0.5) is 5.82 Å². The first kappa shape index (κ1) is 12.8. The van der Waals surface area contributed by atoms with Crippen LogP contribution < -0.4 is 5.32 Å². The molecule has 0 aromatic carbocycles. The molecule has 1 aromatic rings. The summed E-state index contributed by atoms with van der Waals surface area (Å²) in [5.41, 5.74) is 2.49. The first-order valence-corrected chi connectivity index (χ1v) is 7.15. The fourth-order valence-corrected chi connectivity index (χ4v) is 2.78. The average molecular weight is 263 g/mol. The Hall–Kier alpha value is -1.20. The van der Waals surface area contributed by atoms with Crippen LogP contribution >= 0.6 is 0 Å². The van der Waals surface area contributed by atoms with E-state index in [4.69, 9.17) is 14.5 Å². The highest BCUT2D eigenvalue weighted by Gasteiger charge is 2.23. The summed E-state index contributed by atoms with van der Waals surface area (Å²) in [6, 6.07) is 0. The van der Waals surface area contributed by atoms with Crippen molar-refractivity contribution in [2.45, 2.75) is 38.2 Å². The number of nitrogens with zero attached hydrogens (tertiary/aromatic N) is 2. The molecule has 2 aliphatic rings. The second-order valence-corrected chi connectivity index (χ2v) is 5.10. The quantitative estimate of drug-likeness (QED) is 0.826. The monoisotopic (exact) mass is 263 g/mol. The van der Waals surface area contributed by atoms with Crippen molar-refractivity contribution in [3.63, 3.8) is 0 Å². The molecule has 0 saturated carbocycles. The van der Waals surface area contributed by atoms with Crippen LogP contribution in [0.2, 0.25) is 0 Å². The zero-order valence-corrected chi connectivity index (χ0v) is 11.4. The van der Waals surface area contributed by atoms with Gasteiger partial charge in [-0.05, 0) is 25.7 Å². The van der Waals surface area contributed by atoms with E-state index in [9.17, 15) is 0 Å². The Morgan fingerprint density at radius 1 is 1.11 bits per heavy atom. The highest BCUT2D eigenvalue weighted by molar-refractivity contribution is 5.47. The van der Waals surface area contributed by atoms with E-state index in [0.29, 0.717) is 19.8 Å². The van der Waals surface area contributed by atoms with Crippen LogP contribution in [0.15, 0.2) is 0 Å². The lowest BCUT2D eigenvalue weighted by Gasteiger charge is -2.23. The highest BCUT2D eigenvalue weighted by atomic mass is 16.6. The second-order valence-electron chi connectivity index (χ2n) is 5.10. The molecule has 19 heavy (non-hydrogen) atoms. The normalized spacial score (nSPS) is 23.5. The number of aryl methyl sites for hydroxylation is 1. The SMILES string of the molecule is CNc1nc(C2COCCO2)nc2c1CCCCC2. The maximum atomic E-state index is 5.71. The second kappa shape index (κ2) is 5.84. The van der Waals surface area contributed by atoms with Crippen LogP contribution in [0.25, 0.3) is 0 Å². The van der Waals surface area contributed by atoms with Gasteiger partial charge < -0.3 is 14.8 Å². The molecular formula is C14H21N3O2. The van der Waals surface area contributed by atoms with E-state index in [-0.39, 0.29) is 6.10 Å². The molecule has 1 saturated heterocycles. The lowest BCUT2D eigenvalue weighted by Crippen LogP contribution is -2.24. The molecule has 0 spiro atoms. The minimum atomic E-state index is -0.116. The number of nitrogens with one attached hydrogen (secondary N) is 1. The Morgan fingerprint density at radius 2 is 2.00 bits per heavy atom. The third-order valence-electron chi connectivity index (χ3n) is 3.79. The molecule has 1 atom stereocenters. The minimum absolute atomic E-state index is 0.116. The zero-order chi connectivity index (χ0) is 13.1. The highest BCUT2D eigenvalue weighted by Crippen LogP contribution is 2.27. The molecule has 1 fully saturated rings. The third kappa shape index (κ3) is 2.72. The van der Waals surface area contributed by atoms with Gasteiger partial charge in [-0.3, -0.25) is 0 Å². The molecule has 0 bridgehead atoms. The fourth-order valence-electron chi connectivity index (χ4n) is 2.78. The Kier molecular flexibility index (Phi) is 3.94. The van der Waals surface area contributed by atoms with E-state index in [2.05, 4.69) is 10.3 Å². The van der Waals surface area contributed by atoms with Crippen molar-refractivity contribution < 1.29 is 9.47 Å². The smallest absolute Gasteiger partial charge is 0.162 e. The predicted molar refractivity (Wildman–Crippen MR) is 72.3 cm³/mol.